The smallest absolute Gasteiger partial charge is 0.305 e. The van der Waals surface area contributed by atoms with Crippen LogP contribution in [0.2, 0.25) is 0 Å². The van der Waals surface area contributed by atoms with Crippen LogP contribution in [0.25, 0.3) is 0 Å². The molecule has 3 heteroatoms. The molecule has 0 heterocycles. The first-order valence-electron chi connectivity index (χ1n) is 12.4. The van der Waals surface area contributed by atoms with Crippen LogP contribution in [0.3, 0.4) is 0 Å². The van der Waals surface area contributed by atoms with Crippen molar-refractivity contribution < 1.29 is 14.6 Å². The van der Waals surface area contributed by atoms with Gasteiger partial charge < -0.3 is 9.84 Å². The number of ether oxygens (including phenoxy) is 1. The predicted octanol–water partition coefficient (Wildman–Crippen LogP) is 6.52. The van der Waals surface area contributed by atoms with Gasteiger partial charge in [0.15, 0.2) is 0 Å². The minimum atomic E-state index is -0.116. The predicted molar refractivity (Wildman–Crippen MR) is 116 cm³/mol. The molecule has 2 saturated carbocycles. The molecule has 1 atom stereocenters. The van der Waals surface area contributed by atoms with Gasteiger partial charge in [-0.25, -0.2) is 0 Å². The summed E-state index contributed by atoms with van der Waals surface area (Å²) in [5, 5.41) is 9.67. The van der Waals surface area contributed by atoms with Crippen molar-refractivity contribution >= 4 is 5.97 Å². The van der Waals surface area contributed by atoms with Gasteiger partial charge in [0, 0.05) is 18.9 Å². The summed E-state index contributed by atoms with van der Waals surface area (Å²) < 4.78 is 5.34. The maximum Gasteiger partial charge on any atom is 0.305 e. The summed E-state index contributed by atoms with van der Waals surface area (Å²) >= 11 is 0. The summed E-state index contributed by atoms with van der Waals surface area (Å²) in [4.78, 5) is 11.6. The number of carbonyl (C=O) groups excluding carboxylic acids is 1. The molecule has 28 heavy (non-hydrogen) atoms. The lowest BCUT2D eigenvalue weighted by atomic mass is 9.68. The van der Waals surface area contributed by atoms with Crippen LogP contribution in [0, 0.1) is 29.6 Å². The third-order valence-electron chi connectivity index (χ3n) is 7.52. The lowest BCUT2D eigenvalue weighted by Gasteiger charge is -2.38. The van der Waals surface area contributed by atoms with Gasteiger partial charge >= 0.3 is 5.97 Å². The maximum atomic E-state index is 11.6. The topological polar surface area (TPSA) is 46.5 Å². The van der Waals surface area contributed by atoms with Crippen LogP contribution in [0.4, 0.5) is 0 Å². The first-order valence-corrected chi connectivity index (χ1v) is 12.4. The van der Waals surface area contributed by atoms with E-state index in [9.17, 15) is 9.90 Å². The molecule has 2 aliphatic rings. The zero-order valence-corrected chi connectivity index (χ0v) is 18.7. The lowest BCUT2D eigenvalue weighted by molar-refractivity contribution is -0.145. The van der Waals surface area contributed by atoms with Gasteiger partial charge in [0.05, 0.1) is 6.61 Å². The maximum absolute atomic E-state index is 11.6. The lowest BCUT2D eigenvalue weighted by Crippen LogP contribution is -2.27. The molecule has 3 nitrogen and oxygen atoms in total. The summed E-state index contributed by atoms with van der Waals surface area (Å²) in [5.41, 5.74) is 0. The Morgan fingerprint density at radius 3 is 2.04 bits per heavy atom. The van der Waals surface area contributed by atoms with Gasteiger partial charge in [-0.2, -0.15) is 0 Å². The van der Waals surface area contributed by atoms with E-state index in [1.165, 1.54) is 77.0 Å². The molecule has 0 aliphatic heterocycles. The van der Waals surface area contributed by atoms with Gasteiger partial charge in [0.1, 0.15) is 0 Å². The molecule has 2 rings (SSSR count). The third-order valence-corrected chi connectivity index (χ3v) is 7.52. The Labute approximate surface area is 174 Å². The van der Waals surface area contributed by atoms with Gasteiger partial charge in [-0.15, -0.1) is 0 Å². The first kappa shape index (κ1) is 23.7. The molecule has 164 valence electrons. The fraction of sp³-hybridized carbons (Fsp3) is 0.960. The van der Waals surface area contributed by atoms with Crippen LogP contribution in [0.15, 0.2) is 0 Å². The second kappa shape index (κ2) is 13.6. The van der Waals surface area contributed by atoms with Gasteiger partial charge in [0.25, 0.3) is 0 Å². The zero-order chi connectivity index (χ0) is 20.2. The minimum absolute atomic E-state index is 0.116. The Balaban J connectivity index is 1.62. The molecule has 0 amide bonds. The van der Waals surface area contributed by atoms with Crippen molar-refractivity contribution in [3.63, 3.8) is 0 Å². The van der Waals surface area contributed by atoms with Crippen molar-refractivity contribution in [2.24, 2.45) is 29.6 Å². The minimum Gasteiger partial charge on any atom is -0.465 e. The van der Waals surface area contributed by atoms with Crippen molar-refractivity contribution in [1.82, 2.24) is 0 Å². The van der Waals surface area contributed by atoms with Crippen molar-refractivity contribution in [2.75, 3.05) is 13.2 Å². The number of aliphatic hydroxyl groups excluding tert-OH is 1. The molecular formula is C25H46O3. The molecular weight excluding hydrogens is 348 g/mol. The number of unbranched alkanes of at least 4 members (excludes halogenated alkanes) is 2. The van der Waals surface area contributed by atoms with Crippen molar-refractivity contribution in [1.29, 1.82) is 0 Å². The summed E-state index contributed by atoms with van der Waals surface area (Å²) in [5.74, 6) is 3.66. The Morgan fingerprint density at radius 2 is 1.50 bits per heavy atom. The van der Waals surface area contributed by atoms with E-state index in [-0.39, 0.29) is 18.5 Å². The van der Waals surface area contributed by atoms with Crippen molar-refractivity contribution in [3.05, 3.63) is 0 Å². The monoisotopic (exact) mass is 394 g/mol. The molecule has 0 aromatic rings. The van der Waals surface area contributed by atoms with Gasteiger partial charge in [-0.05, 0) is 62.2 Å². The zero-order valence-electron chi connectivity index (χ0n) is 18.7. The van der Waals surface area contributed by atoms with E-state index < -0.39 is 0 Å². The highest BCUT2D eigenvalue weighted by Gasteiger charge is 2.31. The molecule has 0 spiro atoms. The average Bonchev–Trinajstić information content (AvgIpc) is 2.72. The molecule has 0 saturated heterocycles. The van der Waals surface area contributed by atoms with Crippen molar-refractivity contribution in [3.8, 4) is 0 Å². The largest absolute Gasteiger partial charge is 0.465 e. The SMILES string of the molecule is CCCCCC1CCC(C2CCC(CC(CO)COC(=O)CCC)CC2)CC1. The second-order valence-corrected chi connectivity index (χ2v) is 9.77. The van der Waals surface area contributed by atoms with Crippen LogP contribution in [-0.2, 0) is 9.53 Å². The van der Waals surface area contributed by atoms with E-state index in [4.69, 9.17) is 4.74 Å². The van der Waals surface area contributed by atoms with Crippen LogP contribution >= 0.6 is 0 Å². The Hall–Kier alpha value is -0.570. The van der Waals surface area contributed by atoms with Crippen molar-refractivity contribution in [2.45, 2.75) is 110 Å². The summed E-state index contributed by atoms with van der Waals surface area (Å²) in [6.07, 6.45) is 19.3. The van der Waals surface area contributed by atoms with E-state index in [2.05, 4.69) is 6.92 Å². The van der Waals surface area contributed by atoms with E-state index in [1.54, 1.807) is 0 Å². The highest BCUT2D eigenvalue weighted by atomic mass is 16.5. The van der Waals surface area contributed by atoms with Crippen LogP contribution in [-0.4, -0.2) is 24.3 Å². The molecule has 0 bridgehead atoms. The fourth-order valence-corrected chi connectivity index (χ4v) is 5.68. The molecule has 1 unspecified atom stereocenters. The van der Waals surface area contributed by atoms with Crippen LogP contribution < -0.4 is 0 Å². The number of aliphatic hydroxyl groups is 1. The quantitative estimate of drug-likeness (QED) is 0.303. The third kappa shape index (κ3) is 8.43. The van der Waals surface area contributed by atoms with Crippen LogP contribution in [0.1, 0.15) is 110 Å². The number of carbonyl (C=O) groups is 1. The number of rotatable bonds is 12. The Bertz CT molecular complexity index is 406. The number of hydrogen-bond acceptors (Lipinski definition) is 3. The summed E-state index contributed by atoms with van der Waals surface area (Å²) in [7, 11) is 0. The Kier molecular flexibility index (Phi) is 11.5. The molecule has 2 aliphatic carbocycles. The van der Waals surface area contributed by atoms with E-state index >= 15 is 0 Å². The highest BCUT2D eigenvalue weighted by Crippen LogP contribution is 2.43. The number of hydrogen-bond donors (Lipinski definition) is 1. The summed E-state index contributed by atoms with van der Waals surface area (Å²) in [6, 6.07) is 0. The van der Waals surface area contributed by atoms with E-state index in [0.717, 1.165) is 30.6 Å². The standard InChI is InChI=1S/C25H46O3/c1-3-5-6-8-20-9-13-23(14-10-20)24-15-11-21(12-16-24)17-22(18-26)19-28-25(27)7-4-2/h20-24,26H,3-19H2,1-2H3. The highest BCUT2D eigenvalue weighted by molar-refractivity contribution is 5.69. The normalized spacial score (nSPS) is 29.4. The van der Waals surface area contributed by atoms with Gasteiger partial charge in [-0.1, -0.05) is 65.2 Å². The fourth-order valence-electron chi connectivity index (χ4n) is 5.68. The number of esters is 1. The first-order chi connectivity index (χ1) is 13.7. The van der Waals surface area contributed by atoms with E-state index in [0.29, 0.717) is 18.9 Å². The van der Waals surface area contributed by atoms with E-state index in [1.807, 2.05) is 6.92 Å². The molecule has 0 aromatic heterocycles. The van der Waals surface area contributed by atoms with Gasteiger partial charge in [-0.3, -0.25) is 4.79 Å². The second-order valence-electron chi connectivity index (χ2n) is 9.77. The molecule has 2 fully saturated rings. The summed E-state index contributed by atoms with van der Waals surface area (Å²) in [6.45, 7) is 4.83. The average molecular weight is 395 g/mol. The molecule has 0 aromatic carbocycles. The van der Waals surface area contributed by atoms with Crippen LogP contribution in [0.5, 0.6) is 0 Å². The molecule has 0 radical (unpaired) electrons. The van der Waals surface area contributed by atoms with Gasteiger partial charge in [0.2, 0.25) is 0 Å². The molecule has 1 N–H and O–H groups in total. The Morgan fingerprint density at radius 1 is 0.893 bits per heavy atom.